The first-order chi connectivity index (χ1) is 7.15. The molecule has 0 spiro atoms. The SMILES string of the molecule is CC(C)=CCNc1cccc(Br)c1C#N. The van der Waals surface area contributed by atoms with Crippen LogP contribution in [0.1, 0.15) is 19.4 Å². The highest BCUT2D eigenvalue weighted by atomic mass is 79.9. The molecule has 15 heavy (non-hydrogen) atoms. The van der Waals surface area contributed by atoms with Gasteiger partial charge < -0.3 is 5.32 Å². The molecule has 0 aromatic heterocycles. The van der Waals surface area contributed by atoms with Crippen LogP contribution in [0.15, 0.2) is 34.3 Å². The molecular weight excluding hydrogens is 252 g/mol. The van der Waals surface area contributed by atoms with Crippen LogP contribution in [0.2, 0.25) is 0 Å². The third-order valence-electron chi connectivity index (χ3n) is 1.93. The van der Waals surface area contributed by atoms with Gasteiger partial charge in [0.1, 0.15) is 6.07 Å². The second-order valence-corrected chi connectivity index (χ2v) is 4.29. The zero-order valence-electron chi connectivity index (χ0n) is 8.84. The van der Waals surface area contributed by atoms with E-state index in [1.165, 1.54) is 5.57 Å². The van der Waals surface area contributed by atoms with Crippen LogP contribution in [0, 0.1) is 11.3 Å². The molecule has 0 saturated heterocycles. The summed E-state index contributed by atoms with van der Waals surface area (Å²) < 4.78 is 0.826. The highest BCUT2D eigenvalue weighted by Gasteiger charge is 2.03. The van der Waals surface area contributed by atoms with Gasteiger partial charge >= 0.3 is 0 Å². The van der Waals surface area contributed by atoms with Gasteiger partial charge in [0.15, 0.2) is 0 Å². The summed E-state index contributed by atoms with van der Waals surface area (Å²) in [7, 11) is 0. The van der Waals surface area contributed by atoms with Crippen LogP contribution in [0.5, 0.6) is 0 Å². The van der Waals surface area contributed by atoms with Gasteiger partial charge in [-0.05, 0) is 41.9 Å². The number of nitrogens with one attached hydrogen (secondary N) is 1. The predicted octanol–water partition coefficient (Wildman–Crippen LogP) is 3.70. The number of halogens is 1. The molecule has 0 radical (unpaired) electrons. The molecule has 0 heterocycles. The van der Waals surface area contributed by atoms with Gasteiger partial charge in [-0.1, -0.05) is 17.7 Å². The van der Waals surface area contributed by atoms with E-state index in [9.17, 15) is 0 Å². The van der Waals surface area contributed by atoms with Gasteiger partial charge in [-0.25, -0.2) is 0 Å². The average Bonchev–Trinajstić information content (AvgIpc) is 2.17. The van der Waals surface area contributed by atoms with Gasteiger partial charge in [-0.15, -0.1) is 0 Å². The standard InChI is InChI=1S/C12H13BrN2/c1-9(2)6-7-15-12-5-3-4-11(13)10(12)8-14/h3-6,15H,7H2,1-2H3. The van der Waals surface area contributed by atoms with E-state index in [1.807, 2.05) is 32.0 Å². The summed E-state index contributed by atoms with van der Waals surface area (Å²) in [6, 6.07) is 7.86. The Hall–Kier alpha value is -1.27. The van der Waals surface area contributed by atoms with E-state index in [2.05, 4.69) is 33.4 Å². The first-order valence-electron chi connectivity index (χ1n) is 4.71. The van der Waals surface area contributed by atoms with Crippen molar-refractivity contribution in [2.24, 2.45) is 0 Å². The summed E-state index contributed by atoms with van der Waals surface area (Å²) in [6.45, 7) is 4.84. The van der Waals surface area contributed by atoms with Crippen molar-refractivity contribution in [1.82, 2.24) is 0 Å². The highest BCUT2D eigenvalue weighted by molar-refractivity contribution is 9.10. The Bertz CT molecular complexity index is 412. The van der Waals surface area contributed by atoms with E-state index in [0.29, 0.717) is 5.56 Å². The van der Waals surface area contributed by atoms with Crippen LogP contribution < -0.4 is 5.32 Å². The van der Waals surface area contributed by atoms with E-state index in [1.54, 1.807) is 0 Å². The van der Waals surface area contributed by atoms with Gasteiger partial charge in [0, 0.05) is 11.0 Å². The monoisotopic (exact) mass is 264 g/mol. The van der Waals surface area contributed by atoms with Gasteiger partial charge in [0.2, 0.25) is 0 Å². The first kappa shape index (κ1) is 11.8. The number of hydrogen-bond acceptors (Lipinski definition) is 2. The molecule has 1 aromatic rings. The molecule has 1 N–H and O–H groups in total. The zero-order valence-corrected chi connectivity index (χ0v) is 10.4. The fourth-order valence-electron chi connectivity index (χ4n) is 1.15. The highest BCUT2D eigenvalue weighted by Crippen LogP contribution is 2.23. The quantitative estimate of drug-likeness (QED) is 0.846. The van der Waals surface area contributed by atoms with E-state index in [0.717, 1.165) is 16.7 Å². The number of benzene rings is 1. The summed E-state index contributed by atoms with van der Waals surface area (Å²) in [6.07, 6.45) is 2.09. The van der Waals surface area contributed by atoms with Crippen LogP contribution in [0.3, 0.4) is 0 Å². The van der Waals surface area contributed by atoms with Crippen LogP contribution in [0.4, 0.5) is 5.69 Å². The molecule has 0 amide bonds. The minimum absolute atomic E-state index is 0.652. The van der Waals surface area contributed by atoms with Crippen LogP contribution in [-0.2, 0) is 0 Å². The Kier molecular flexibility index (Phi) is 4.38. The second kappa shape index (κ2) is 5.57. The lowest BCUT2D eigenvalue weighted by atomic mass is 10.2. The Morgan fingerprint density at radius 2 is 2.27 bits per heavy atom. The van der Waals surface area contributed by atoms with E-state index < -0.39 is 0 Å². The van der Waals surface area contributed by atoms with Gasteiger partial charge in [0.25, 0.3) is 0 Å². The van der Waals surface area contributed by atoms with Crippen molar-refractivity contribution in [3.05, 3.63) is 39.9 Å². The largest absolute Gasteiger partial charge is 0.380 e. The van der Waals surface area contributed by atoms with E-state index >= 15 is 0 Å². The van der Waals surface area contributed by atoms with Gasteiger partial charge in [-0.2, -0.15) is 5.26 Å². The molecule has 0 fully saturated rings. The number of anilines is 1. The number of rotatable bonds is 3. The summed E-state index contributed by atoms with van der Waals surface area (Å²) in [5, 5.41) is 12.2. The lowest BCUT2D eigenvalue weighted by molar-refractivity contribution is 1.26. The molecular formula is C12H13BrN2. The van der Waals surface area contributed by atoms with E-state index in [-0.39, 0.29) is 0 Å². The molecule has 78 valence electrons. The summed E-state index contributed by atoms with van der Waals surface area (Å²) in [5.74, 6) is 0. The molecule has 1 rings (SSSR count). The van der Waals surface area contributed by atoms with Crippen molar-refractivity contribution in [2.45, 2.75) is 13.8 Å². The molecule has 0 saturated carbocycles. The molecule has 1 aromatic carbocycles. The smallest absolute Gasteiger partial charge is 0.103 e. The molecule has 0 aliphatic carbocycles. The molecule has 0 aliphatic rings. The zero-order chi connectivity index (χ0) is 11.3. The first-order valence-corrected chi connectivity index (χ1v) is 5.50. The maximum Gasteiger partial charge on any atom is 0.103 e. The number of hydrogen-bond donors (Lipinski definition) is 1. The molecule has 0 bridgehead atoms. The van der Waals surface area contributed by atoms with Crippen molar-refractivity contribution >= 4 is 21.6 Å². The maximum atomic E-state index is 8.97. The second-order valence-electron chi connectivity index (χ2n) is 3.44. The molecule has 0 unspecified atom stereocenters. The topological polar surface area (TPSA) is 35.8 Å². The fraction of sp³-hybridized carbons (Fsp3) is 0.250. The fourth-order valence-corrected chi connectivity index (χ4v) is 1.61. The molecule has 2 nitrogen and oxygen atoms in total. The van der Waals surface area contributed by atoms with Gasteiger partial charge in [-0.3, -0.25) is 0 Å². The summed E-state index contributed by atoms with van der Waals surface area (Å²) in [4.78, 5) is 0. The van der Waals surface area contributed by atoms with Gasteiger partial charge in [0.05, 0.1) is 11.3 Å². The Morgan fingerprint density at radius 1 is 1.53 bits per heavy atom. The summed E-state index contributed by atoms with van der Waals surface area (Å²) in [5.41, 5.74) is 2.78. The van der Waals surface area contributed by atoms with Crippen LogP contribution in [-0.4, -0.2) is 6.54 Å². The Balaban J connectivity index is 2.82. The van der Waals surface area contributed by atoms with Crippen molar-refractivity contribution in [3.63, 3.8) is 0 Å². The maximum absolute atomic E-state index is 8.97. The average molecular weight is 265 g/mol. The molecule has 0 aliphatic heterocycles. The Morgan fingerprint density at radius 3 is 2.87 bits per heavy atom. The van der Waals surface area contributed by atoms with Crippen LogP contribution >= 0.6 is 15.9 Å². The van der Waals surface area contributed by atoms with Crippen molar-refractivity contribution in [2.75, 3.05) is 11.9 Å². The summed E-state index contributed by atoms with van der Waals surface area (Å²) >= 11 is 3.35. The molecule has 3 heteroatoms. The van der Waals surface area contributed by atoms with Crippen molar-refractivity contribution in [1.29, 1.82) is 5.26 Å². The number of allylic oxidation sites excluding steroid dienone is 1. The predicted molar refractivity (Wildman–Crippen MR) is 66.8 cm³/mol. The van der Waals surface area contributed by atoms with Crippen molar-refractivity contribution < 1.29 is 0 Å². The van der Waals surface area contributed by atoms with Crippen molar-refractivity contribution in [3.8, 4) is 6.07 Å². The number of nitrogens with zero attached hydrogens (tertiary/aromatic N) is 1. The third kappa shape index (κ3) is 3.41. The van der Waals surface area contributed by atoms with E-state index in [4.69, 9.17) is 5.26 Å². The third-order valence-corrected chi connectivity index (χ3v) is 2.59. The number of nitriles is 1. The van der Waals surface area contributed by atoms with Crippen LogP contribution in [0.25, 0.3) is 0 Å². The lowest BCUT2D eigenvalue weighted by Crippen LogP contribution is -2.01. The molecule has 0 atom stereocenters. The minimum Gasteiger partial charge on any atom is -0.380 e. The minimum atomic E-state index is 0.652. The normalized spacial score (nSPS) is 9.20. The Labute approximate surface area is 98.7 Å². The lowest BCUT2D eigenvalue weighted by Gasteiger charge is -2.06.